The molecular formula is C16H20N4O3. The number of nitrogens with one attached hydrogen (secondary N) is 2. The highest BCUT2D eigenvalue weighted by Crippen LogP contribution is 2.40. The van der Waals surface area contributed by atoms with Crippen molar-refractivity contribution in [1.29, 1.82) is 0 Å². The van der Waals surface area contributed by atoms with E-state index in [1.165, 1.54) is 19.1 Å². The van der Waals surface area contributed by atoms with Crippen molar-refractivity contribution in [3.05, 3.63) is 36.4 Å². The van der Waals surface area contributed by atoms with E-state index in [0.717, 1.165) is 0 Å². The molecule has 2 aromatic heterocycles. The molecule has 2 N–H and O–H groups in total. The zero-order valence-corrected chi connectivity index (χ0v) is 13.0. The van der Waals surface area contributed by atoms with Gasteiger partial charge in [0.2, 0.25) is 5.91 Å². The number of amides is 2. The third-order valence-electron chi connectivity index (χ3n) is 4.01. The second kappa shape index (κ2) is 6.68. The third-order valence-corrected chi connectivity index (χ3v) is 4.01. The monoisotopic (exact) mass is 316 g/mol. The molecule has 0 bridgehead atoms. The molecule has 0 aliphatic heterocycles. The minimum absolute atomic E-state index is 0.158. The Morgan fingerprint density at radius 1 is 1.43 bits per heavy atom. The third kappa shape index (κ3) is 3.80. The number of anilines is 1. The van der Waals surface area contributed by atoms with Gasteiger partial charge in [0.15, 0.2) is 5.76 Å². The Morgan fingerprint density at radius 3 is 2.96 bits per heavy atom. The first-order valence-electron chi connectivity index (χ1n) is 7.80. The maximum absolute atomic E-state index is 12.0. The molecule has 0 saturated heterocycles. The van der Waals surface area contributed by atoms with Crippen LogP contribution in [0.1, 0.15) is 42.8 Å². The number of aromatic nitrogens is 2. The molecule has 1 aliphatic carbocycles. The first-order valence-corrected chi connectivity index (χ1v) is 7.80. The molecule has 2 aromatic rings. The summed E-state index contributed by atoms with van der Waals surface area (Å²) >= 11 is 0. The number of hydrogen-bond donors (Lipinski definition) is 2. The van der Waals surface area contributed by atoms with E-state index in [-0.39, 0.29) is 30.5 Å². The Hall–Kier alpha value is -2.57. The second-order valence-electron chi connectivity index (χ2n) is 5.77. The predicted octanol–water partition coefficient (Wildman–Crippen LogP) is 2.21. The largest absolute Gasteiger partial charge is 0.459 e. The molecule has 1 saturated carbocycles. The molecule has 1 unspecified atom stereocenters. The average molecular weight is 316 g/mol. The number of hydrogen-bond acceptors (Lipinski definition) is 4. The van der Waals surface area contributed by atoms with Crippen LogP contribution in [-0.2, 0) is 4.79 Å². The Balaban J connectivity index is 1.46. The Bertz CT molecular complexity index is 673. The van der Waals surface area contributed by atoms with Crippen molar-refractivity contribution in [1.82, 2.24) is 15.1 Å². The highest BCUT2D eigenvalue weighted by Gasteiger charge is 2.30. The van der Waals surface area contributed by atoms with Gasteiger partial charge in [0.05, 0.1) is 18.5 Å². The molecule has 0 radical (unpaired) electrons. The van der Waals surface area contributed by atoms with E-state index in [4.69, 9.17) is 4.42 Å². The number of furan rings is 1. The maximum atomic E-state index is 12.0. The lowest BCUT2D eigenvalue weighted by atomic mass is 10.2. The van der Waals surface area contributed by atoms with Crippen molar-refractivity contribution in [2.45, 2.75) is 32.2 Å². The molecule has 3 rings (SSSR count). The van der Waals surface area contributed by atoms with Crippen LogP contribution < -0.4 is 10.6 Å². The number of carbonyl (C=O) groups excluding carboxylic acids is 2. The van der Waals surface area contributed by atoms with Crippen LogP contribution in [-0.4, -0.2) is 28.1 Å². The number of nitrogens with zero attached hydrogens (tertiary/aromatic N) is 2. The van der Waals surface area contributed by atoms with Crippen LogP contribution in [0.2, 0.25) is 0 Å². The van der Waals surface area contributed by atoms with Gasteiger partial charge in [0, 0.05) is 19.0 Å². The normalized spacial score (nSPS) is 15.2. The molecule has 7 heteroatoms. The molecule has 2 amide bonds. The molecular weight excluding hydrogens is 296 g/mol. The zero-order valence-electron chi connectivity index (χ0n) is 13.0. The summed E-state index contributed by atoms with van der Waals surface area (Å²) in [5, 5.41) is 9.79. The van der Waals surface area contributed by atoms with Crippen molar-refractivity contribution in [2.75, 3.05) is 11.9 Å². The molecule has 0 spiro atoms. The van der Waals surface area contributed by atoms with Gasteiger partial charge < -0.3 is 15.1 Å². The van der Waals surface area contributed by atoms with E-state index in [2.05, 4.69) is 22.7 Å². The quantitative estimate of drug-likeness (QED) is 0.819. The van der Waals surface area contributed by atoms with Crippen LogP contribution in [0.4, 0.5) is 5.82 Å². The van der Waals surface area contributed by atoms with Crippen molar-refractivity contribution in [3.63, 3.8) is 0 Å². The predicted molar refractivity (Wildman–Crippen MR) is 83.9 cm³/mol. The Morgan fingerprint density at radius 2 is 2.26 bits per heavy atom. The maximum Gasteiger partial charge on any atom is 0.286 e. The number of rotatable bonds is 7. The van der Waals surface area contributed by atoms with E-state index in [1.54, 1.807) is 24.4 Å². The first kappa shape index (κ1) is 15.3. The Labute approximate surface area is 134 Å². The summed E-state index contributed by atoms with van der Waals surface area (Å²) in [7, 11) is 0. The standard InChI is InChI=1S/C16H20N4O3/c1-11(12-4-5-12)20-14(6-9-18-20)19-15(21)7-8-17-16(22)13-3-2-10-23-13/h2-3,6,9-12H,4-5,7-8H2,1H3,(H,17,22)(H,19,21). The van der Waals surface area contributed by atoms with E-state index < -0.39 is 0 Å². The van der Waals surface area contributed by atoms with Crippen molar-refractivity contribution < 1.29 is 14.0 Å². The summed E-state index contributed by atoms with van der Waals surface area (Å²) in [6.07, 6.45) is 5.74. The summed E-state index contributed by atoms with van der Waals surface area (Å²) in [5.41, 5.74) is 0. The summed E-state index contributed by atoms with van der Waals surface area (Å²) in [6.45, 7) is 2.36. The van der Waals surface area contributed by atoms with Crippen LogP contribution in [0, 0.1) is 5.92 Å². The topological polar surface area (TPSA) is 89.2 Å². The lowest BCUT2D eigenvalue weighted by Gasteiger charge is -2.15. The SMILES string of the molecule is CC(C1CC1)n1nccc1NC(=O)CCNC(=O)c1ccco1. The molecule has 1 atom stereocenters. The van der Waals surface area contributed by atoms with E-state index in [1.807, 2.05) is 4.68 Å². The van der Waals surface area contributed by atoms with Crippen LogP contribution in [0.5, 0.6) is 0 Å². The van der Waals surface area contributed by atoms with Crippen LogP contribution in [0.15, 0.2) is 35.1 Å². The lowest BCUT2D eigenvalue weighted by molar-refractivity contribution is -0.116. The highest BCUT2D eigenvalue weighted by atomic mass is 16.3. The molecule has 7 nitrogen and oxygen atoms in total. The van der Waals surface area contributed by atoms with Gasteiger partial charge in [-0.05, 0) is 37.8 Å². The molecule has 1 fully saturated rings. The first-order chi connectivity index (χ1) is 11.1. The van der Waals surface area contributed by atoms with Gasteiger partial charge in [-0.2, -0.15) is 5.10 Å². The van der Waals surface area contributed by atoms with Crippen molar-refractivity contribution in [2.24, 2.45) is 5.92 Å². The Kier molecular flexibility index (Phi) is 4.45. The number of carbonyl (C=O) groups is 2. The van der Waals surface area contributed by atoms with Crippen LogP contribution in [0.3, 0.4) is 0 Å². The van der Waals surface area contributed by atoms with E-state index in [9.17, 15) is 9.59 Å². The molecule has 23 heavy (non-hydrogen) atoms. The van der Waals surface area contributed by atoms with Gasteiger partial charge in [-0.3, -0.25) is 9.59 Å². The van der Waals surface area contributed by atoms with Gasteiger partial charge in [0.25, 0.3) is 5.91 Å². The lowest BCUT2D eigenvalue weighted by Crippen LogP contribution is -2.28. The van der Waals surface area contributed by atoms with Gasteiger partial charge in [-0.15, -0.1) is 0 Å². The summed E-state index contributed by atoms with van der Waals surface area (Å²) in [5.74, 6) is 1.11. The average Bonchev–Trinajstić information content (AvgIpc) is 3.05. The molecule has 0 aromatic carbocycles. The van der Waals surface area contributed by atoms with Gasteiger partial charge in [0.1, 0.15) is 5.82 Å². The molecule has 122 valence electrons. The molecule has 1 aliphatic rings. The molecule has 2 heterocycles. The highest BCUT2D eigenvalue weighted by molar-refractivity contribution is 5.93. The van der Waals surface area contributed by atoms with Gasteiger partial charge in [-0.25, -0.2) is 4.68 Å². The fourth-order valence-corrected chi connectivity index (χ4v) is 2.51. The smallest absolute Gasteiger partial charge is 0.286 e. The van der Waals surface area contributed by atoms with Gasteiger partial charge >= 0.3 is 0 Å². The zero-order chi connectivity index (χ0) is 16.2. The van der Waals surface area contributed by atoms with E-state index in [0.29, 0.717) is 17.8 Å². The minimum atomic E-state index is -0.324. The summed E-state index contributed by atoms with van der Waals surface area (Å²) in [4.78, 5) is 23.7. The van der Waals surface area contributed by atoms with Crippen molar-refractivity contribution >= 4 is 17.6 Å². The van der Waals surface area contributed by atoms with Crippen LogP contribution in [0.25, 0.3) is 0 Å². The fraction of sp³-hybridized carbons (Fsp3) is 0.438. The second-order valence-corrected chi connectivity index (χ2v) is 5.77. The van der Waals surface area contributed by atoms with Gasteiger partial charge in [-0.1, -0.05) is 0 Å². The minimum Gasteiger partial charge on any atom is -0.459 e. The van der Waals surface area contributed by atoms with Crippen LogP contribution >= 0.6 is 0 Å². The summed E-state index contributed by atoms with van der Waals surface area (Å²) in [6, 6.07) is 5.30. The van der Waals surface area contributed by atoms with Crippen molar-refractivity contribution in [3.8, 4) is 0 Å². The van der Waals surface area contributed by atoms with E-state index >= 15 is 0 Å². The fourth-order valence-electron chi connectivity index (χ4n) is 2.51. The summed E-state index contributed by atoms with van der Waals surface area (Å²) < 4.78 is 6.84.